The minimum Gasteiger partial charge on any atom is -0.392 e. The summed E-state index contributed by atoms with van der Waals surface area (Å²) in [6, 6.07) is 18.5. The van der Waals surface area contributed by atoms with Crippen LogP contribution in [0.1, 0.15) is 18.1 Å². The molecule has 94 valence electrons. The Morgan fingerprint density at radius 3 is 2.11 bits per heavy atom. The van der Waals surface area contributed by atoms with Gasteiger partial charge in [-0.1, -0.05) is 42.5 Å². The zero-order valence-electron chi connectivity index (χ0n) is 10.7. The first-order valence-corrected chi connectivity index (χ1v) is 6.32. The molecule has 0 aromatic heterocycles. The van der Waals surface area contributed by atoms with Crippen LogP contribution in [0.25, 0.3) is 0 Å². The van der Waals surface area contributed by atoms with Gasteiger partial charge in [0.2, 0.25) is 0 Å². The van der Waals surface area contributed by atoms with E-state index in [0.29, 0.717) is 0 Å². The van der Waals surface area contributed by atoms with Crippen LogP contribution in [0.15, 0.2) is 54.6 Å². The predicted molar refractivity (Wildman–Crippen MR) is 75.5 cm³/mol. The molecule has 0 aliphatic rings. The van der Waals surface area contributed by atoms with Gasteiger partial charge in [0.1, 0.15) is 0 Å². The van der Waals surface area contributed by atoms with E-state index in [0.717, 1.165) is 18.7 Å². The van der Waals surface area contributed by atoms with Crippen molar-refractivity contribution < 1.29 is 5.11 Å². The number of aliphatic hydroxyl groups is 1. The monoisotopic (exact) mass is 241 g/mol. The molecule has 0 saturated heterocycles. The van der Waals surface area contributed by atoms with Crippen LogP contribution in [0.4, 0.5) is 5.69 Å². The maximum Gasteiger partial charge on any atom is 0.0681 e. The second-order valence-electron chi connectivity index (χ2n) is 4.32. The van der Waals surface area contributed by atoms with Crippen molar-refractivity contribution in [2.45, 2.75) is 20.1 Å². The average molecular weight is 241 g/mol. The molecule has 0 aliphatic carbocycles. The quantitative estimate of drug-likeness (QED) is 0.869. The Bertz CT molecular complexity index is 464. The third kappa shape index (κ3) is 3.11. The first-order chi connectivity index (χ1) is 8.83. The second kappa shape index (κ2) is 6.22. The highest BCUT2D eigenvalue weighted by Gasteiger charge is 2.04. The van der Waals surface area contributed by atoms with Gasteiger partial charge in [-0.2, -0.15) is 0 Å². The van der Waals surface area contributed by atoms with Gasteiger partial charge in [-0.05, 0) is 30.2 Å². The minimum atomic E-state index is 0.102. The molecule has 0 saturated carbocycles. The summed E-state index contributed by atoms with van der Waals surface area (Å²) in [5.41, 5.74) is 3.46. The van der Waals surface area contributed by atoms with Crippen LogP contribution in [-0.4, -0.2) is 11.7 Å². The summed E-state index contributed by atoms with van der Waals surface area (Å²) in [5.74, 6) is 0. The van der Waals surface area contributed by atoms with Crippen molar-refractivity contribution in [1.82, 2.24) is 0 Å². The summed E-state index contributed by atoms with van der Waals surface area (Å²) in [6.45, 7) is 4.14. The van der Waals surface area contributed by atoms with Crippen LogP contribution in [-0.2, 0) is 13.2 Å². The molecule has 2 nitrogen and oxygen atoms in total. The van der Waals surface area contributed by atoms with E-state index < -0.39 is 0 Å². The summed E-state index contributed by atoms with van der Waals surface area (Å²) in [6.07, 6.45) is 0. The highest BCUT2D eigenvalue weighted by atomic mass is 16.3. The van der Waals surface area contributed by atoms with E-state index in [1.807, 2.05) is 18.2 Å². The molecule has 2 heteroatoms. The fourth-order valence-corrected chi connectivity index (χ4v) is 2.00. The Balaban J connectivity index is 2.12. The van der Waals surface area contributed by atoms with E-state index in [1.54, 1.807) is 0 Å². The number of nitrogens with zero attached hydrogens (tertiary/aromatic N) is 1. The van der Waals surface area contributed by atoms with Crippen molar-refractivity contribution in [3.63, 3.8) is 0 Å². The van der Waals surface area contributed by atoms with E-state index in [2.05, 4.69) is 48.2 Å². The van der Waals surface area contributed by atoms with Crippen molar-refractivity contribution in [3.05, 3.63) is 65.7 Å². The number of benzene rings is 2. The lowest BCUT2D eigenvalue weighted by Gasteiger charge is -2.23. The first kappa shape index (κ1) is 12.7. The maximum absolute atomic E-state index is 9.05. The van der Waals surface area contributed by atoms with Crippen molar-refractivity contribution in [2.24, 2.45) is 0 Å². The normalized spacial score (nSPS) is 10.3. The van der Waals surface area contributed by atoms with Gasteiger partial charge in [-0.3, -0.25) is 0 Å². The minimum absolute atomic E-state index is 0.102. The lowest BCUT2D eigenvalue weighted by molar-refractivity contribution is 0.282. The van der Waals surface area contributed by atoms with E-state index in [-0.39, 0.29) is 6.61 Å². The van der Waals surface area contributed by atoms with Crippen LogP contribution in [0.2, 0.25) is 0 Å². The number of anilines is 1. The summed E-state index contributed by atoms with van der Waals surface area (Å²) < 4.78 is 0. The standard InChI is InChI=1S/C16H19NO/c1-2-17(12-14-6-4-3-5-7-14)16-10-8-15(13-18)9-11-16/h3-11,18H,2,12-13H2,1H3. The molecule has 2 rings (SSSR count). The van der Waals surface area contributed by atoms with Gasteiger partial charge in [-0.15, -0.1) is 0 Å². The topological polar surface area (TPSA) is 23.5 Å². The first-order valence-electron chi connectivity index (χ1n) is 6.32. The molecule has 0 unspecified atom stereocenters. The molecule has 0 atom stereocenters. The third-order valence-electron chi connectivity index (χ3n) is 3.08. The molecular weight excluding hydrogens is 222 g/mol. The molecule has 18 heavy (non-hydrogen) atoms. The Labute approximate surface area is 109 Å². The lowest BCUT2D eigenvalue weighted by Crippen LogP contribution is -2.21. The zero-order valence-corrected chi connectivity index (χ0v) is 10.7. The van der Waals surface area contributed by atoms with E-state index in [4.69, 9.17) is 5.11 Å². The van der Waals surface area contributed by atoms with Gasteiger partial charge in [0.05, 0.1) is 6.61 Å². The van der Waals surface area contributed by atoms with Gasteiger partial charge in [0.25, 0.3) is 0 Å². The molecule has 0 fully saturated rings. The number of rotatable bonds is 5. The molecule has 0 bridgehead atoms. The van der Waals surface area contributed by atoms with Gasteiger partial charge in [-0.25, -0.2) is 0 Å². The molecule has 0 radical (unpaired) electrons. The highest BCUT2D eigenvalue weighted by molar-refractivity contribution is 5.48. The van der Waals surface area contributed by atoms with Crippen molar-refractivity contribution >= 4 is 5.69 Å². The Hall–Kier alpha value is -1.80. The van der Waals surface area contributed by atoms with E-state index >= 15 is 0 Å². The number of aliphatic hydroxyl groups excluding tert-OH is 1. The molecule has 2 aromatic rings. The van der Waals surface area contributed by atoms with Gasteiger partial charge >= 0.3 is 0 Å². The van der Waals surface area contributed by atoms with E-state index in [1.165, 1.54) is 11.3 Å². The van der Waals surface area contributed by atoms with E-state index in [9.17, 15) is 0 Å². The van der Waals surface area contributed by atoms with Crippen LogP contribution in [0.5, 0.6) is 0 Å². The van der Waals surface area contributed by atoms with Crippen LogP contribution < -0.4 is 4.90 Å². The fourth-order valence-electron chi connectivity index (χ4n) is 2.00. The fraction of sp³-hybridized carbons (Fsp3) is 0.250. The summed E-state index contributed by atoms with van der Waals surface area (Å²) in [5, 5.41) is 9.05. The molecule has 0 spiro atoms. The molecular formula is C16H19NO. The Morgan fingerprint density at radius 1 is 0.889 bits per heavy atom. The molecule has 1 N–H and O–H groups in total. The summed E-state index contributed by atoms with van der Waals surface area (Å²) >= 11 is 0. The average Bonchev–Trinajstić information content (AvgIpc) is 2.46. The van der Waals surface area contributed by atoms with Crippen LogP contribution in [0, 0.1) is 0 Å². The number of hydrogen-bond donors (Lipinski definition) is 1. The predicted octanol–water partition coefficient (Wildman–Crippen LogP) is 3.21. The number of hydrogen-bond acceptors (Lipinski definition) is 2. The third-order valence-corrected chi connectivity index (χ3v) is 3.08. The van der Waals surface area contributed by atoms with Crippen molar-refractivity contribution in [1.29, 1.82) is 0 Å². The SMILES string of the molecule is CCN(Cc1ccccc1)c1ccc(CO)cc1. The maximum atomic E-state index is 9.05. The van der Waals surface area contributed by atoms with Gasteiger partial charge < -0.3 is 10.0 Å². The Kier molecular flexibility index (Phi) is 4.37. The van der Waals surface area contributed by atoms with Crippen molar-refractivity contribution in [3.8, 4) is 0 Å². The second-order valence-corrected chi connectivity index (χ2v) is 4.32. The van der Waals surface area contributed by atoms with Gasteiger partial charge in [0.15, 0.2) is 0 Å². The Morgan fingerprint density at radius 2 is 1.56 bits per heavy atom. The molecule has 2 aromatic carbocycles. The summed E-state index contributed by atoms with van der Waals surface area (Å²) in [7, 11) is 0. The zero-order chi connectivity index (χ0) is 12.8. The van der Waals surface area contributed by atoms with Gasteiger partial charge in [0, 0.05) is 18.8 Å². The van der Waals surface area contributed by atoms with Crippen LogP contribution in [0.3, 0.4) is 0 Å². The van der Waals surface area contributed by atoms with Crippen LogP contribution >= 0.6 is 0 Å². The molecule has 0 aliphatic heterocycles. The molecule has 0 amide bonds. The highest BCUT2D eigenvalue weighted by Crippen LogP contribution is 2.17. The van der Waals surface area contributed by atoms with Crippen molar-refractivity contribution in [2.75, 3.05) is 11.4 Å². The lowest BCUT2D eigenvalue weighted by atomic mass is 10.1. The smallest absolute Gasteiger partial charge is 0.0681 e. The molecule has 0 heterocycles. The largest absolute Gasteiger partial charge is 0.392 e. The summed E-state index contributed by atoms with van der Waals surface area (Å²) in [4.78, 5) is 2.32.